The maximum atomic E-state index is 13.1. The van der Waals surface area contributed by atoms with Crippen molar-refractivity contribution in [2.75, 3.05) is 13.2 Å². The van der Waals surface area contributed by atoms with Crippen molar-refractivity contribution in [3.8, 4) is 0 Å². The van der Waals surface area contributed by atoms with Crippen molar-refractivity contribution in [2.24, 2.45) is 0 Å². The van der Waals surface area contributed by atoms with Crippen LogP contribution in [-0.4, -0.2) is 87.5 Å². The summed E-state index contributed by atoms with van der Waals surface area (Å²) in [7, 11) is 0. The molecule has 0 aromatic carbocycles. The van der Waals surface area contributed by atoms with Crippen LogP contribution in [0.15, 0.2) is 0 Å². The minimum Gasteiger partial charge on any atom is -0.394 e. The van der Waals surface area contributed by atoms with Gasteiger partial charge in [0.05, 0.1) is 25.4 Å². The van der Waals surface area contributed by atoms with Crippen LogP contribution in [0, 0.1) is 0 Å². The van der Waals surface area contributed by atoms with Crippen LogP contribution in [0.4, 0.5) is 0 Å². The molecular weight excluding hydrogens is 863 g/mol. The summed E-state index contributed by atoms with van der Waals surface area (Å²) in [5.41, 5.74) is 0. The Labute approximate surface area is 427 Å². The number of aliphatic hydroxyl groups excluding tert-OH is 5. The molecule has 0 aromatic heterocycles. The van der Waals surface area contributed by atoms with Crippen LogP contribution in [0.25, 0.3) is 0 Å². The molecule has 1 aliphatic heterocycles. The smallest absolute Gasteiger partial charge is 0.220 e. The third-order valence-electron chi connectivity index (χ3n) is 15.2. The molecule has 2 unspecified atom stereocenters. The van der Waals surface area contributed by atoms with Crippen molar-refractivity contribution in [1.82, 2.24) is 5.32 Å². The summed E-state index contributed by atoms with van der Waals surface area (Å²) in [6, 6.07) is -0.713. The molecule has 1 heterocycles. The van der Waals surface area contributed by atoms with Crippen LogP contribution < -0.4 is 5.32 Å². The fourth-order valence-electron chi connectivity index (χ4n) is 10.3. The first kappa shape index (κ1) is 66.2. The van der Waals surface area contributed by atoms with Crippen LogP contribution >= 0.6 is 0 Å². The van der Waals surface area contributed by atoms with Crippen LogP contribution in [-0.2, 0) is 14.3 Å². The van der Waals surface area contributed by atoms with Gasteiger partial charge in [0.2, 0.25) is 5.91 Å². The van der Waals surface area contributed by atoms with E-state index in [-0.39, 0.29) is 12.5 Å². The summed E-state index contributed by atoms with van der Waals surface area (Å²) in [6.45, 7) is 3.88. The quantitative estimate of drug-likeness (QED) is 0.0330. The third kappa shape index (κ3) is 40.3. The van der Waals surface area contributed by atoms with Crippen molar-refractivity contribution in [2.45, 2.75) is 365 Å². The minimum absolute atomic E-state index is 0.131. The first-order chi connectivity index (χ1) is 33.8. The van der Waals surface area contributed by atoms with Gasteiger partial charge in [-0.2, -0.15) is 0 Å². The Morgan fingerprint density at radius 2 is 0.725 bits per heavy atom. The Balaban J connectivity index is 2.06. The number of nitrogens with one attached hydrogen (secondary N) is 1. The Hall–Kier alpha value is -0.810. The molecule has 0 aromatic rings. The average Bonchev–Trinajstić information content (AvgIpc) is 3.35. The number of aliphatic hydroxyl groups is 5. The highest BCUT2D eigenvalue weighted by molar-refractivity contribution is 5.76. The van der Waals surface area contributed by atoms with Gasteiger partial charge in [-0.1, -0.05) is 303 Å². The molecule has 1 rings (SSSR count). The van der Waals surface area contributed by atoms with E-state index in [1.807, 2.05) is 0 Å². The highest BCUT2D eigenvalue weighted by atomic mass is 16.7. The molecule has 1 fully saturated rings. The van der Waals surface area contributed by atoms with E-state index in [0.717, 1.165) is 38.5 Å². The van der Waals surface area contributed by atoms with Crippen molar-refractivity contribution in [1.29, 1.82) is 0 Å². The molecule has 412 valence electrons. The molecule has 0 bridgehead atoms. The number of hydrogen-bond acceptors (Lipinski definition) is 8. The molecular formula is C60H119NO8. The fourth-order valence-corrected chi connectivity index (χ4v) is 10.3. The van der Waals surface area contributed by atoms with Gasteiger partial charge in [-0.15, -0.1) is 0 Å². The molecule has 0 aliphatic carbocycles. The normalized spacial score (nSPS) is 19.3. The van der Waals surface area contributed by atoms with Gasteiger partial charge in [0, 0.05) is 6.42 Å². The predicted octanol–water partition coefficient (Wildman–Crippen LogP) is 15.4. The van der Waals surface area contributed by atoms with Crippen molar-refractivity contribution < 1.29 is 39.8 Å². The predicted molar refractivity (Wildman–Crippen MR) is 291 cm³/mol. The number of carbonyl (C=O) groups excluding carboxylic acids is 1. The van der Waals surface area contributed by atoms with Crippen molar-refractivity contribution in [3.63, 3.8) is 0 Å². The molecule has 0 spiro atoms. The zero-order valence-electron chi connectivity index (χ0n) is 45.9. The van der Waals surface area contributed by atoms with E-state index in [2.05, 4.69) is 19.2 Å². The summed E-state index contributed by atoms with van der Waals surface area (Å²) in [4.78, 5) is 13.1. The lowest BCUT2D eigenvalue weighted by Gasteiger charge is -2.40. The second-order valence-corrected chi connectivity index (χ2v) is 21.9. The molecule has 1 aliphatic rings. The molecule has 7 atom stereocenters. The zero-order valence-corrected chi connectivity index (χ0v) is 45.9. The molecule has 0 radical (unpaired) electrons. The molecule has 0 saturated carbocycles. The van der Waals surface area contributed by atoms with Gasteiger partial charge in [-0.25, -0.2) is 0 Å². The highest BCUT2D eigenvalue weighted by Gasteiger charge is 2.44. The number of rotatable bonds is 54. The molecule has 69 heavy (non-hydrogen) atoms. The lowest BCUT2D eigenvalue weighted by atomic mass is 9.99. The maximum absolute atomic E-state index is 13.1. The summed E-state index contributed by atoms with van der Waals surface area (Å²) in [5.74, 6) is -0.137. The number of carbonyl (C=O) groups is 1. The monoisotopic (exact) mass is 982 g/mol. The van der Waals surface area contributed by atoms with Crippen LogP contribution in [0.3, 0.4) is 0 Å². The van der Waals surface area contributed by atoms with Crippen LogP contribution in [0.1, 0.15) is 322 Å². The van der Waals surface area contributed by atoms with Gasteiger partial charge in [0.15, 0.2) is 6.29 Å². The fraction of sp³-hybridized carbons (Fsp3) is 0.983. The Bertz CT molecular complexity index is 1050. The Morgan fingerprint density at radius 3 is 1.03 bits per heavy atom. The van der Waals surface area contributed by atoms with E-state index < -0.39 is 49.5 Å². The van der Waals surface area contributed by atoms with Gasteiger partial charge in [0.1, 0.15) is 24.4 Å². The second-order valence-electron chi connectivity index (χ2n) is 21.9. The summed E-state index contributed by atoms with van der Waals surface area (Å²) in [6.07, 6.45) is 54.5. The first-order valence-electron chi connectivity index (χ1n) is 30.7. The Kier molecular flexibility index (Phi) is 48.7. The number of amides is 1. The van der Waals surface area contributed by atoms with Crippen molar-refractivity contribution >= 4 is 5.91 Å². The molecule has 1 amide bonds. The topological polar surface area (TPSA) is 149 Å². The highest BCUT2D eigenvalue weighted by Crippen LogP contribution is 2.24. The lowest BCUT2D eigenvalue weighted by Crippen LogP contribution is -2.60. The molecule has 1 saturated heterocycles. The zero-order chi connectivity index (χ0) is 50.1. The van der Waals surface area contributed by atoms with Crippen LogP contribution in [0.2, 0.25) is 0 Å². The minimum atomic E-state index is -1.55. The van der Waals surface area contributed by atoms with E-state index in [1.165, 1.54) is 257 Å². The third-order valence-corrected chi connectivity index (χ3v) is 15.2. The number of hydrogen-bond donors (Lipinski definition) is 6. The van der Waals surface area contributed by atoms with E-state index in [9.17, 15) is 30.3 Å². The van der Waals surface area contributed by atoms with Crippen molar-refractivity contribution in [3.05, 3.63) is 0 Å². The SMILES string of the molecule is CCCCCCCCCCCCCCCCCCCCCCCCCCCCCCCCCCCC(=O)N[C@@H](CO[C@@H]1O[C@H](CO)[C@@H](O)C(O)C1O)[C@H](O)CCCCCCCCCCCCCCC. The number of unbranched alkanes of at least 4 members (excludes halogenated alkanes) is 44. The van der Waals surface area contributed by atoms with Gasteiger partial charge < -0.3 is 40.3 Å². The van der Waals surface area contributed by atoms with Gasteiger partial charge in [-0.05, 0) is 12.8 Å². The summed E-state index contributed by atoms with van der Waals surface area (Å²) >= 11 is 0. The van der Waals surface area contributed by atoms with Crippen LogP contribution in [0.5, 0.6) is 0 Å². The van der Waals surface area contributed by atoms with E-state index >= 15 is 0 Å². The largest absolute Gasteiger partial charge is 0.394 e. The molecule has 6 N–H and O–H groups in total. The van der Waals surface area contributed by atoms with Gasteiger partial charge in [0.25, 0.3) is 0 Å². The Morgan fingerprint density at radius 1 is 0.435 bits per heavy atom. The first-order valence-corrected chi connectivity index (χ1v) is 30.7. The average molecular weight is 983 g/mol. The van der Waals surface area contributed by atoms with E-state index in [1.54, 1.807) is 0 Å². The van der Waals surface area contributed by atoms with E-state index in [4.69, 9.17) is 9.47 Å². The molecule has 9 heteroatoms. The standard InChI is InChI=1S/C60H119NO8/c1-3-5-7-9-11-13-15-17-18-19-20-21-22-23-24-25-26-27-28-29-30-31-32-33-34-35-36-38-40-42-44-46-48-50-56(64)61-53(52-68-60-59(67)58(66)57(65)55(51-62)69-60)54(63)49-47-45-43-41-39-37-16-14-12-10-8-6-4-2/h53-55,57-60,62-63,65-67H,3-52H2,1-2H3,(H,61,64)/t53-,54+,55+,57+,58?,59?,60+/m0/s1. The summed E-state index contributed by atoms with van der Waals surface area (Å²) < 4.78 is 11.3. The van der Waals surface area contributed by atoms with Gasteiger partial charge >= 0.3 is 0 Å². The number of ether oxygens (including phenoxy) is 2. The lowest BCUT2D eigenvalue weighted by molar-refractivity contribution is -0.302. The summed E-state index contributed by atoms with van der Waals surface area (Å²) in [5, 5.41) is 54.6. The van der Waals surface area contributed by atoms with Gasteiger partial charge in [-0.3, -0.25) is 4.79 Å². The maximum Gasteiger partial charge on any atom is 0.220 e. The van der Waals surface area contributed by atoms with E-state index in [0.29, 0.717) is 12.8 Å². The second kappa shape index (κ2) is 50.7. The molecule has 9 nitrogen and oxygen atoms in total.